The van der Waals surface area contributed by atoms with Crippen molar-refractivity contribution in [3.63, 3.8) is 0 Å². The Morgan fingerprint density at radius 2 is 1.82 bits per heavy atom. The SMILES string of the molecule is CSCC(=O)c1ccc(N2CCCCC2)cc1. The molecular formula is C14H19NOS. The van der Waals surface area contributed by atoms with Gasteiger partial charge in [0.1, 0.15) is 0 Å². The van der Waals surface area contributed by atoms with Crippen molar-refractivity contribution < 1.29 is 4.79 Å². The van der Waals surface area contributed by atoms with Crippen LogP contribution in [0.2, 0.25) is 0 Å². The minimum atomic E-state index is 0.225. The highest BCUT2D eigenvalue weighted by molar-refractivity contribution is 7.99. The summed E-state index contributed by atoms with van der Waals surface area (Å²) in [6.45, 7) is 2.30. The first-order valence-corrected chi connectivity index (χ1v) is 7.58. The molecule has 2 rings (SSSR count). The molecule has 0 spiro atoms. The van der Waals surface area contributed by atoms with Gasteiger partial charge in [0.2, 0.25) is 0 Å². The third-order valence-corrected chi connectivity index (χ3v) is 3.74. The number of hydrogen-bond donors (Lipinski definition) is 0. The summed E-state index contributed by atoms with van der Waals surface area (Å²) in [7, 11) is 0. The average Bonchev–Trinajstić information content (AvgIpc) is 2.40. The molecule has 0 aliphatic carbocycles. The zero-order chi connectivity index (χ0) is 12.1. The van der Waals surface area contributed by atoms with Crippen molar-refractivity contribution in [2.45, 2.75) is 19.3 Å². The maximum atomic E-state index is 11.7. The molecule has 0 amide bonds. The van der Waals surface area contributed by atoms with Gasteiger partial charge in [-0.15, -0.1) is 0 Å². The van der Waals surface area contributed by atoms with Crippen molar-refractivity contribution >= 4 is 23.2 Å². The third-order valence-electron chi connectivity index (χ3n) is 3.19. The van der Waals surface area contributed by atoms with Crippen LogP contribution in [0.5, 0.6) is 0 Å². The summed E-state index contributed by atoms with van der Waals surface area (Å²) in [5, 5.41) is 0. The molecule has 3 heteroatoms. The summed E-state index contributed by atoms with van der Waals surface area (Å²) in [4.78, 5) is 14.1. The van der Waals surface area contributed by atoms with E-state index in [9.17, 15) is 4.79 Å². The van der Waals surface area contributed by atoms with Crippen LogP contribution in [0.25, 0.3) is 0 Å². The van der Waals surface area contributed by atoms with E-state index in [-0.39, 0.29) is 5.78 Å². The normalized spacial score (nSPS) is 15.9. The predicted octanol–water partition coefficient (Wildman–Crippen LogP) is 3.22. The Kier molecular flexibility index (Phi) is 4.49. The Morgan fingerprint density at radius 1 is 1.18 bits per heavy atom. The molecule has 0 saturated carbocycles. The highest BCUT2D eigenvalue weighted by Gasteiger charge is 2.11. The molecule has 92 valence electrons. The van der Waals surface area contributed by atoms with Crippen molar-refractivity contribution in [2.75, 3.05) is 30.0 Å². The molecule has 0 radical (unpaired) electrons. The average molecular weight is 249 g/mol. The Labute approximate surface area is 107 Å². The van der Waals surface area contributed by atoms with Gasteiger partial charge in [0, 0.05) is 24.3 Å². The Morgan fingerprint density at radius 3 is 2.41 bits per heavy atom. The molecule has 1 fully saturated rings. The molecule has 0 bridgehead atoms. The van der Waals surface area contributed by atoms with Crippen LogP contribution in [-0.2, 0) is 0 Å². The van der Waals surface area contributed by atoms with Gasteiger partial charge >= 0.3 is 0 Å². The number of Topliss-reactive ketones (excluding diaryl/α,β-unsaturated/α-hetero) is 1. The van der Waals surface area contributed by atoms with E-state index in [0.717, 1.165) is 18.7 Å². The summed E-state index contributed by atoms with van der Waals surface area (Å²) in [6, 6.07) is 8.09. The first-order valence-electron chi connectivity index (χ1n) is 6.18. The minimum Gasteiger partial charge on any atom is -0.372 e. The molecule has 1 heterocycles. The van der Waals surface area contributed by atoms with Gasteiger partial charge in [-0.3, -0.25) is 4.79 Å². The first-order chi connectivity index (χ1) is 8.31. The van der Waals surface area contributed by atoms with Crippen LogP contribution in [0.15, 0.2) is 24.3 Å². The molecule has 1 aromatic carbocycles. The Hall–Kier alpha value is -0.960. The molecule has 1 aliphatic heterocycles. The second-order valence-corrected chi connectivity index (χ2v) is 5.32. The standard InChI is InChI=1S/C14H19NOS/c1-17-11-14(16)12-5-7-13(8-6-12)15-9-3-2-4-10-15/h5-8H,2-4,9-11H2,1H3. The van der Waals surface area contributed by atoms with Crippen LogP contribution in [0.3, 0.4) is 0 Å². The van der Waals surface area contributed by atoms with E-state index in [2.05, 4.69) is 17.0 Å². The molecule has 0 unspecified atom stereocenters. The molecule has 1 saturated heterocycles. The lowest BCUT2D eigenvalue weighted by atomic mass is 10.1. The van der Waals surface area contributed by atoms with E-state index >= 15 is 0 Å². The Bertz CT molecular complexity index is 368. The van der Waals surface area contributed by atoms with Gasteiger partial charge in [-0.05, 0) is 49.8 Å². The second kappa shape index (κ2) is 6.10. The number of ketones is 1. The van der Waals surface area contributed by atoms with Crippen LogP contribution >= 0.6 is 11.8 Å². The number of thioether (sulfide) groups is 1. The predicted molar refractivity (Wildman–Crippen MR) is 75.2 cm³/mol. The van der Waals surface area contributed by atoms with Crippen molar-refractivity contribution in [3.05, 3.63) is 29.8 Å². The third kappa shape index (κ3) is 3.25. The molecular weight excluding hydrogens is 230 g/mol. The second-order valence-electron chi connectivity index (χ2n) is 4.45. The lowest BCUT2D eigenvalue weighted by Gasteiger charge is -2.28. The fraction of sp³-hybridized carbons (Fsp3) is 0.500. The van der Waals surface area contributed by atoms with E-state index in [1.54, 1.807) is 11.8 Å². The molecule has 17 heavy (non-hydrogen) atoms. The number of benzene rings is 1. The van der Waals surface area contributed by atoms with Gasteiger partial charge in [0.15, 0.2) is 5.78 Å². The van der Waals surface area contributed by atoms with Gasteiger partial charge in [0.05, 0.1) is 5.75 Å². The summed E-state index contributed by atoms with van der Waals surface area (Å²) < 4.78 is 0. The number of rotatable bonds is 4. The summed E-state index contributed by atoms with van der Waals surface area (Å²) >= 11 is 1.58. The van der Waals surface area contributed by atoms with Gasteiger partial charge in [-0.2, -0.15) is 11.8 Å². The maximum absolute atomic E-state index is 11.7. The number of anilines is 1. The summed E-state index contributed by atoms with van der Waals surface area (Å²) in [6.07, 6.45) is 5.88. The fourth-order valence-corrected chi connectivity index (χ4v) is 2.65. The van der Waals surface area contributed by atoms with Gasteiger partial charge in [-0.25, -0.2) is 0 Å². The topological polar surface area (TPSA) is 20.3 Å². The monoisotopic (exact) mass is 249 g/mol. The van der Waals surface area contributed by atoms with Gasteiger partial charge in [-0.1, -0.05) is 0 Å². The molecule has 1 aromatic rings. The lowest BCUT2D eigenvalue weighted by Crippen LogP contribution is -2.29. The molecule has 0 aromatic heterocycles. The van der Waals surface area contributed by atoms with E-state index in [4.69, 9.17) is 0 Å². The number of nitrogens with zero attached hydrogens (tertiary/aromatic N) is 1. The highest BCUT2D eigenvalue weighted by atomic mass is 32.2. The van der Waals surface area contributed by atoms with Crippen molar-refractivity contribution in [3.8, 4) is 0 Å². The van der Waals surface area contributed by atoms with Crippen LogP contribution < -0.4 is 4.90 Å². The molecule has 2 nitrogen and oxygen atoms in total. The van der Waals surface area contributed by atoms with E-state index in [1.165, 1.54) is 24.9 Å². The van der Waals surface area contributed by atoms with Gasteiger partial charge < -0.3 is 4.90 Å². The quantitative estimate of drug-likeness (QED) is 0.764. The maximum Gasteiger partial charge on any atom is 0.172 e. The molecule has 0 N–H and O–H groups in total. The fourth-order valence-electron chi connectivity index (χ4n) is 2.22. The Balaban J connectivity index is 2.04. The van der Waals surface area contributed by atoms with Crippen LogP contribution in [-0.4, -0.2) is 30.9 Å². The number of carbonyl (C=O) groups is 1. The lowest BCUT2D eigenvalue weighted by molar-refractivity contribution is 0.102. The number of hydrogen-bond acceptors (Lipinski definition) is 3. The summed E-state index contributed by atoms with van der Waals surface area (Å²) in [5.74, 6) is 0.797. The highest BCUT2D eigenvalue weighted by Crippen LogP contribution is 2.20. The van der Waals surface area contributed by atoms with E-state index in [1.807, 2.05) is 18.4 Å². The largest absolute Gasteiger partial charge is 0.372 e. The zero-order valence-corrected chi connectivity index (χ0v) is 11.1. The first kappa shape index (κ1) is 12.5. The number of carbonyl (C=O) groups excluding carboxylic acids is 1. The van der Waals surface area contributed by atoms with Crippen LogP contribution in [0, 0.1) is 0 Å². The smallest absolute Gasteiger partial charge is 0.172 e. The van der Waals surface area contributed by atoms with E-state index in [0.29, 0.717) is 5.75 Å². The van der Waals surface area contributed by atoms with Crippen LogP contribution in [0.4, 0.5) is 5.69 Å². The number of piperidine rings is 1. The van der Waals surface area contributed by atoms with Crippen molar-refractivity contribution in [1.29, 1.82) is 0 Å². The van der Waals surface area contributed by atoms with Crippen molar-refractivity contribution in [2.24, 2.45) is 0 Å². The zero-order valence-electron chi connectivity index (χ0n) is 10.3. The van der Waals surface area contributed by atoms with Crippen molar-refractivity contribution in [1.82, 2.24) is 0 Å². The summed E-state index contributed by atoms with van der Waals surface area (Å²) in [5.41, 5.74) is 2.09. The molecule has 0 atom stereocenters. The van der Waals surface area contributed by atoms with Crippen LogP contribution in [0.1, 0.15) is 29.6 Å². The van der Waals surface area contributed by atoms with E-state index < -0.39 is 0 Å². The molecule has 1 aliphatic rings. The van der Waals surface area contributed by atoms with Gasteiger partial charge in [0.25, 0.3) is 0 Å². The minimum absolute atomic E-state index is 0.225.